The van der Waals surface area contributed by atoms with E-state index in [1.54, 1.807) is 33.7 Å². The van der Waals surface area contributed by atoms with Crippen molar-refractivity contribution in [3.05, 3.63) is 64.8 Å². The van der Waals surface area contributed by atoms with Gasteiger partial charge in [0.15, 0.2) is 0 Å². The molecule has 1 aromatic heterocycles. The molecule has 7 nitrogen and oxygen atoms in total. The lowest BCUT2D eigenvalue weighted by Gasteiger charge is -2.26. The zero-order valence-electron chi connectivity index (χ0n) is 19.7. The number of aromatic nitrogens is 2. The monoisotopic (exact) mass is 514 g/mol. The molecule has 184 valence electrons. The molecule has 1 atom stereocenters. The number of hydrogen-bond acceptors (Lipinski definition) is 4. The van der Waals surface area contributed by atoms with Crippen molar-refractivity contribution < 1.29 is 14.3 Å². The second kappa shape index (κ2) is 11.2. The van der Waals surface area contributed by atoms with Gasteiger partial charge in [-0.1, -0.05) is 55.2 Å². The van der Waals surface area contributed by atoms with Gasteiger partial charge in [0, 0.05) is 46.6 Å². The fourth-order valence-corrected chi connectivity index (χ4v) is 4.33. The normalized spacial score (nSPS) is 15.4. The molecule has 0 bridgehead atoms. The van der Waals surface area contributed by atoms with Crippen LogP contribution in [0, 0.1) is 5.92 Å². The van der Waals surface area contributed by atoms with Crippen molar-refractivity contribution in [2.75, 3.05) is 25.0 Å². The number of nitrogens with one attached hydrogen (secondary N) is 1. The first kappa shape index (κ1) is 25.2. The average molecular weight is 515 g/mol. The lowest BCUT2D eigenvalue weighted by atomic mass is 10.1. The van der Waals surface area contributed by atoms with Crippen molar-refractivity contribution >= 4 is 41.0 Å². The second-order valence-electron chi connectivity index (χ2n) is 8.86. The highest BCUT2D eigenvalue weighted by Crippen LogP contribution is 2.27. The maximum atomic E-state index is 13.1. The lowest BCUT2D eigenvalue weighted by Crippen LogP contribution is -2.44. The maximum absolute atomic E-state index is 13.1. The Labute approximate surface area is 215 Å². The zero-order valence-corrected chi connectivity index (χ0v) is 21.2. The topological polar surface area (TPSA) is 76.5 Å². The number of rotatable bonds is 8. The highest BCUT2D eigenvalue weighted by atomic mass is 35.5. The predicted octanol–water partition coefficient (Wildman–Crippen LogP) is 5.45. The first-order chi connectivity index (χ1) is 16.8. The Hall–Kier alpha value is -2.87. The summed E-state index contributed by atoms with van der Waals surface area (Å²) in [4.78, 5) is 32.2. The molecule has 3 aromatic rings. The molecule has 9 heteroatoms. The van der Waals surface area contributed by atoms with Crippen LogP contribution in [0.4, 0.5) is 5.95 Å². The third-order valence-electron chi connectivity index (χ3n) is 5.77. The van der Waals surface area contributed by atoms with E-state index in [-0.39, 0.29) is 30.4 Å². The largest absolute Gasteiger partial charge is 0.376 e. The number of benzene rings is 2. The van der Waals surface area contributed by atoms with E-state index < -0.39 is 0 Å². The van der Waals surface area contributed by atoms with Crippen LogP contribution in [-0.4, -0.2) is 52.1 Å². The number of ether oxygens (including phenoxy) is 1. The number of halogens is 2. The van der Waals surface area contributed by atoms with E-state index in [4.69, 9.17) is 27.9 Å². The first-order valence-corrected chi connectivity index (χ1v) is 12.4. The van der Waals surface area contributed by atoms with Crippen LogP contribution >= 0.6 is 23.2 Å². The smallest absolute Gasteiger partial charge is 0.246 e. The molecule has 2 aromatic carbocycles. The fourth-order valence-electron chi connectivity index (χ4n) is 4.02. The van der Waals surface area contributed by atoms with E-state index in [1.165, 1.54) is 0 Å². The second-order valence-corrected chi connectivity index (χ2v) is 9.74. The molecule has 2 amide bonds. The summed E-state index contributed by atoms with van der Waals surface area (Å²) in [7, 11) is 0. The molecular weight excluding hydrogens is 487 g/mol. The minimum Gasteiger partial charge on any atom is -0.376 e. The van der Waals surface area contributed by atoms with Crippen molar-refractivity contribution in [1.29, 1.82) is 0 Å². The minimum atomic E-state index is -0.339. The number of carbonyl (C=O) groups excluding carboxylic acids is 2. The SMILES string of the molecule is CC(C)C(=O)N(CC(=O)Nc1nc(-c2ccc(Cl)cc2)cn1-c1cccc(Cl)c1)CC1CCCO1. The summed E-state index contributed by atoms with van der Waals surface area (Å²) in [5, 5.41) is 4.07. The Morgan fingerprint density at radius 1 is 1.17 bits per heavy atom. The molecule has 0 saturated carbocycles. The number of nitrogens with zero attached hydrogens (tertiary/aromatic N) is 3. The summed E-state index contributed by atoms with van der Waals surface area (Å²) >= 11 is 12.3. The standard InChI is InChI=1S/C26H28Cl2N4O3/c1-17(2)25(34)31(14-22-7-4-12-35-22)16-24(33)30-26-29-23(18-8-10-19(27)11-9-18)15-32(26)21-6-3-5-20(28)13-21/h3,5-6,8-11,13,15,17,22H,4,7,12,14,16H2,1-2H3,(H,29,30,33). The Morgan fingerprint density at radius 3 is 2.60 bits per heavy atom. The summed E-state index contributed by atoms with van der Waals surface area (Å²) in [6.07, 6.45) is 3.63. The molecule has 0 aliphatic carbocycles. The molecule has 35 heavy (non-hydrogen) atoms. The van der Waals surface area contributed by atoms with Crippen LogP contribution in [0.25, 0.3) is 16.9 Å². The van der Waals surface area contributed by atoms with Crippen LogP contribution in [0.2, 0.25) is 10.0 Å². The van der Waals surface area contributed by atoms with Crippen molar-refractivity contribution in [3.8, 4) is 16.9 Å². The Bertz CT molecular complexity index is 1190. The van der Waals surface area contributed by atoms with Crippen LogP contribution < -0.4 is 5.32 Å². The van der Waals surface area contributed by atoms with E-state index in [9.17, 15) is 9.59 Å². The molecule has 1 saturated heterocycles. The molecule has 0 radical (unpaired) electrons. The van der Waals surface area contributed by atoms with Gasteiger partial charge in [-0.2, -0.15) is 0 Å². The van der Waals surface area contributed by atoms with Crippen molar-refractivity contribution in [2.24, 2.45) is 5.92 Å². The van der Waals surface area contributed by atoms with E-state index in [1.807, 2.05) is 44.3 Å². The van der Waals surface area contributed by atoms with Gasteiger partial charge in [0.25, 0.3) is 0 Å². The van der Waals surface area contributed by atoms with Gasteiger partial charge in [-0.05, 0) is 43.2 Å². The molecule has 1 aliphatic rings. The van der Waals surface area contributed by atoms with Gasteiger partial charge in [-0.15, -0.1) is 0 Å². The van der Waals surface area contributed by atoms with Crippen molar-refractivity contribution in [3.63, 3.8) is 0 Å². The van der Waals surface area contributed by atoms with Crippen LogP contribution in [0.3, 0.4) is 0 Å². The van der Waals surface area contributed by atoms with Crippen LogP contribution in [0.1, 0.15) is 26.7 Å². The number of hydrogen-bond donors (Lipinski definition) is 1. The summed E-state index contributed by atoms with van der Waals surface area (Å²) < 4.78 is 7.46. The molecule has 1 N–H and O–H groups in total. The van der Waals surface area contributed by atoms with E-state index in [2.05, 4.69) is 10.3 Å². The summed E-state index contributed by atoms with van der Waals surface area (Å²) in [6.45, 7) is 4.64. The highest BCUT2D eigenvalue weighted by molar-refractivity contribution is 6.31. The Morgan fingerprint density at radius 2 is 1.94 bits per heavy atom. The van der Waals surface area contributed by atoms with E-state index in [0.29, 0.717) is 34.8 Å². The fraction of sp³-hybridized carbons (Fsp3) is 0.346. The van der Waals surface area contributed by atoms with Crippen molar-refractivity contribution in [2.45, 2.75) is 32.8 Å². The maximum Gasteiger partial charge on any atom is 0.246 e. The Kier molecular flexibility index (Phi) is 8.11. The average Bonchev–Trinajstić information content (AvgIpc) is 3.48. The van der Waals surface area contributed by atoms with Crippen LogP contribution in [0.5, 0.6) is 0 Å². The minimum absolute atomic E-state index is 0.0459. The van der Waals surface area contributed by atoms with Gasteiger partial charge >= 0.3 is 0 Å². The highest BCUT2D eigenvalue weighted by Gasteiger charge is 2.26. The van der Waals surface area contributed by atoms with Crippen LogP contribution in [0.15, 0.2) is 54.7 Å². The van der Waals surface area contributed by atoms with Gasteiger partial charge in [0.1, 0.15) is 6.54 Å². The lowest BCUT2D eigenvalue weighted by molar-refractivity contribution is -0.139. The number of amides is 2. The third-order valence-corrected chi connectivity index (χ3v) is 6.26. The number of carbonyl (C=O) groups is 2. The van der Waals surface area contributed by atoms with E-state index >= 15 is 0 Å². The van der Waals surface area contributed by atoms with Gasteiger partial charge < -0.3 is 9.64 Å². The third kappa shape index (κ3) is 6.42. The number of imidazole rings is 1. The number of anilines is 1. The molecule has 4 rings (SSSR count). The molecular formula is C26H28Cl2N4O3. The molecule has 1 fully saturated rings. The quantitative estimate of drug-likeness (QED) is 0.433. The van der Waals surface area contributed by atoms with Gasteiger partial charge in [0.2, 0.25) is 17.8 Å². The summed E-state index contributed by atoms with van der Waals surface area (Å²) in [5.74, 6) is -0.324. The predicted molar refractivity (Wildman–Crippen MR) is 138 cm³/mol. The zero-order chi connectivity index (χ0) is 24.9. The summed E-state index contributed by atoms with van der Waals surface area (Å²) in [6, 6.07) is 14.6. The van der Waals surface area contributed by atoms with Crippen LogP contribution in [-0.2, 0) is 14.3 Å². The first-order valence-electron chi connectivity index (χ1n) is 11.6. The molecule has 2 heterocycles. The summed E-state index contributed by atoms with van der Waals surface area (Å²) in [5.41, 5.74) is 2.25. The molecule has 1 aliphatic heterocycles. The van der Waals surface area contributed by atoms with Gasteiger partial charge in [-0.3, -0.25) is 19.5 Å². The van der Waals surface area contributed by atoms with Gasteiger partial charge in [-0.25, -0.2) is 4.98 Å². The molecule has 1 unspecified atom stereocenters. The van der Waals surface area contributed by atoms with Crippen molar-refractivity contribution in [1.82, 2.24) is 14.5 Å². The van der Waals surface area contributed by atoms with E-state index in [0.717, 1.165) is 24.1 Å². The van der Waals surface area contributed by atoms with Gasteiger partial charge in [0.05, 0.1) is 11.8 Å². The molecule has 0 spiro atoms. The Balaban J connectivity index is 1.60.